The van der Waals surface area contributed by atoms with Crippen molar-refractivity contribution in [1.82, 2.24) is 5.32 Å². The molecule has 1 rings (SSSR count). The third-order valence-corrected chi connectivity index (χ3v) is 2.29. The van der Waals surface area contributed by atoms with Crippen molar-refractivity contribution in [2.45, 2.75) is 13.5 Å². The smallest absolute Gasteiger partial charge is 0.404 e. The number of rotatable bonds is 4. The third-order valence-electron chi connectivity index (χ3n) is 2.29. The number of ether oxygens (including phenoxy) is 2. The van der Waals surface area contributed by atoms with Crippen LogP contribution in [0.4, 0.5) is 4.79 Å². The molecule has 0 aliphatic carbocycles. The van der Waals surface area contributed by atoms with E-state index >= 15 is 0 Å². The second-order valence-corrected chi connectivity index (χ2v) is 3.24. The molecule has 0 atom stereocenters. The molecule has 16 heavy (non-hydrogen) atoms. The van der Waals surface area contributed by atoms with Crippen LogP contribution in [0.2, 0.25) is 0 Å². The first kappa shape index (κ1) is 12.2. The van der Waals surface area contributed by atoms with E-state index in [1.165, 1.54) is 0 Å². The Labute approximate surface area is 94.0 Å². The Kier molecular flexibility index (Phi) is 3.99. The van der Waals surface area contributed by atoms with E-state index < -0.39 is 6.09 Å². The van der Waals surface area contributed by atoms with Gasteiger partial charge in [0.2, 0.25) is 0 Å². The van der Waals surface area contributed by atoms with E-state index in [0.717, 1.165) is 16.9 Å². The highest BCUT2D eigenvalue weighted by Crippen LogP contribution is 2.31. The SMILES string of the molecule is COc1ccc(CNC(=O)O)c(OC)c1C. The molecule has 1 amide bonds. The first-order chi connectivity index (χ1) is 7.60. The fourth-order valence-corrected chi connectivity index (χ4v) is 1.55. The number of benzene rings is 1. The largest absolute Gasteiger partial charge is 0.496 e. The molecular weight excluding hydrogens is 210 g/mol. The molecule has 1 aromatic carbocycles. The zero-order chi connectivity index (χ0) is 12.1. The molecule has 0 radical (unpaired) electrons. The molecule has 0 fully saturated rings. The number of carbonyl (C=O) groups is 1. The maximum atomic E-state index is 10.4. The standard InChI is InChI=1S/C11H15NO4/c1-7-9(15-2)5-4-8(10(7)16-3)6-12-11(13)14/h4-5,12H,6H2,1-3H3,(H,13,14). The highest BCUT2D eigenvalue weighted by molar-refractivity contribution is 5.64. The van der Waals surface area contributed by atoms with Crippen LogP contribution in [0.5, 0.6) is 11.5 Å². The number of hydrogen-bond donors (Lipinski definition) is 2. The van der Waals surface area contributed by atoms with Crippen molar-refractivity contribution in [2.24, 2.45) is 0 Å². The quantitative estimate of drug-likeness (QED) is 0.819. The van der Waals surface area contributed by atoms with Crippen molar-refractivity contribution in [1.29, 1.82) is 0 Å². The predicted octanol–water partition coefficient (Wildman–Crippen LogP) is 1.78. The molecule has 2 N–H and O–H groups in total. The molecule has 0 saturated heterocycles. The number of carboxylic acid groups (broad SMARTS) is 1. The number of amides is 1. The summed E-state index contributed by atoms with van der Waals surface area (Å²) in [4.78, 5) is 10.4. The molecule has 0 bridgehead atoms. The molecule has 0 unspecified atom stereocenters. The Morgan fingerprint density at radius 3 is 2.56 bits per heavy atom. The summed E-state index contributed by atoms with van der Waals surface area (Å²) in [6.07, 6.45) is -1.06. The van der Waals surface area contributed by atoms with Gasteiger partial charge in [0, 0.05) is 17.7 Å². The summed E-state index contributed by atoms with van der Waals surface area (Å²) < 4.78 is 10.4. The number of hydrogen-bond acceptors (Lipinski definition) is 3. The highest BCUT2D eigenvalue weighted by atomic mass is 16.5. The van der Waals surface area contributed by atoms with Crippen molar-refractivity contribution in [3.63, 3.8) is 0 Å². The Hall–Kier alpha value is -1.91. The topological polar surface area (TPSA) is 67.8 Å². The second-order valence-electron chi connectivity index (χ2n) is 3.24. The summed E-state index contributed by atoms with van der Waals surface area (Å²) in [5, 5.41) is 10.8. The lowest BCUT2D eigenvalue weighted by molar-refractivity contribution is 0.194. The van der Waals surface area contributed by atoms with E-state index in [1.54, 1.807) is 26.4 Å². The average molecular weight is 225 g/mol. The van der Waals surface area contributed by atoms with Crippen LogP contribution >= 0.6 is 0 Å². The number of nitrogens with one attached hydrogen (secondary N) is 1. The van der Waals surface area contributed by atoms with Crippen LogP contribution in [0.15, 0.2) is 12.1 Å². The summed E-state index contributed by atoms with van der Waals surface area (Å²) in [7, 11) is 3.13. The second kappa shape index (κ2) is 5.25. The zero-order valence-corrected chi connectivity index (χ0v) is 9.53. The minimum atomic E-state index is -1.06. The molecule has 0 spiro atoms. The maximum absolute atomic E-state index is 10.4. The summed E-state index contributed by atoms with van der Waals surface area (Å²) >= 11 is 0. The lowest BCUT2D eigenvalue weighted by Crippen LogP contribution is -2.20. The van der Waals surface area contributed by atoms with Crippen LogP contribution in [-0.4, -0.2) is 25.4 Å². The number of methoxy groups -OCH3 is 2. The predicted molar refractivity (Wildman–Crippen MR) is 59.1 cm³/mol. The van der Waals surface area contributed by atoms with Crippen molar-refractivity contribution in [3.05, 3.63) is 23.3 Å². The van der Waals surface area contributed by atoms with Gasteiger partial charge in [-0.3, -0.25) is 0 Å². The molecule has 1 aromatic rings. The summed E-state index contributed by atoms with van der Waals surface area (Å²) in [5.41, 5.74) is 1.64. The van der Waals surface area contributed by atoms with Crippen LogP contribution in [0, 0.1) is 6.92 Å². The molecule has 5 heteroatoms. The minimum absolute atomic E-state index is 0.212. The third kappa shape index (κ3) is 2.56. The molecule has 0 heterocycles. The van der Waals surface area contributed by atoms with Gasteiger partial charge in [0.1, 0.15) is 11.5 Å². The van der Waals surface area contributed by atoms with Crippen molar-refractivity contribution >= 4 is 6.09 Å². The van der Waals surface area contributed by atoms with Gasteiger partial charge in [0.25, 0.3) is 0 Å². The lowest BCUT2D eigenvalue weighted by Gasteiger charge is -2.14. The van der Waals surface area contributed by atoms with Crippen molar-refractivity contribution in [3.8, 4) is 11.5 Å². The minimum Gasteiger partial charge on any atom is -0.496 e. The Bertz CT molecular complexity index is 390. The molecule has 0 saturated carbocycles. The van der Waals surface area contributed by atoms with E-state index in [2.05, 4.69) is 5.32 Å². The van der Waals surface area contributed by atoms with Gasteiger partial charge in [0.05, 0.1) is 14.2 Å². The van der Waals surface area contributed by atoms with Crippen LogP contribution in [0.1, 0.15) is 11.1 Å². The van der Waals surface area contributed by atoms with Crippen molar-refractivity contribution in [2.75, 3.05) is 14.2 Å². The Balaban J connectivity index is 3.01. The summed E-state index contributed by atoms with van der Waals surface area (Å²) in [5.74, 6) is 1.36. The lowest BCUT2D eigenvalue weighted by atomic mass is 10.1. The van der Waals surface area contributed by atoms with Crippen LogP contribution in [0.25, 0.3) is 0 Å². The summed E-state index contributed by atoms with van der Waals surface area (Å²) in [6.45, 7) is 2.07. The van der Waals surface area contributed by atoms with Gasteiger partial charge in [-0.25, -0.2) is 4.79 Å². The van der Waals surface area contributed by atoms with E-state index in [4.69, 9.17) is 14.6 Å². The fourth-order valence-electron chi connectivity index (χ4n) is 1.55. The zero-order valence-electron chi connectivity index (χ0n) is 9.53. The summed E-state index contributed by atoms with van der Waals surface area (Å²) in [6, 6.07) is 3.57. The highest BCUT2D eigenvalue weighted by Gasteiger charge is 2.11. The van der Waals surface area contributed by atoms with E-state index in [-0.39, 0.29) is 6.54 Å². The molecule has 0 aliphatic rings. The van der Waals surface area contributed by atoms with Gasteiger partial charge in [-0.1, -0.05) is 0 Å². The molecule has 0 aromatic heterocycles. The maximum Gasteiger partial charge on any atom is 0.404 e. The molecule has 88 valence electrons. The fraction of sp³-hybridized carbons (Fsp3) is 0.364. The normalized spacial score (nSPS) is 9.69. The average Bonchev–Trinajstić information content (AvgIpc) is 2.26. The van der Waals surface area contributed by atoms with Gasteiger partial charge < -0.3 is 19.9 Å². The first-order valence-corrected chi connectivity index (χ1v) is 4.77. The van der Waals surface area contributed by atoms with Crippen LogP contribution in [0.3, 0.4) is 0 Å². The van der Waals surface area contributed by atoms with Gasteiger partial charge in [-0.05, 0) is 19.1 Å². The van der Waals surface area contributed by atoms with E-state index in [1.807, 2.05) is 6.92 Å². The Morgan fingerprint density at radius 1 is 1.38 bits per heavy atom. The molecular formula is C11H15NO4. The Morgan fingerprint density at radius 2 is 2.06 bits per heavy atom. The van der Waals surface area contributed by atoms with Crippen LogP contribution in [-0.2, 0) is 6.54 Å². The van der Waals surface area contributed by atoms with Gasteiger partial charge >= 0.3 is 6.09 Å². The van der Waals surface area contributed by atoms with Gasteiger partial charge in [-0.15, -0.1) is 0 Å². The molecule has 0 aliphatic heterocycles. The molecule has 5 nitrogen and oxygen atoms in total. The monoisotopic (exact) mass is 225 g/mol. The van der Waals surface area contributed by atoms with E-state index in [9.17, 15) is 4.79 Å². The van der Waals surface area contributed by atoms with Crippen LogP contribution < -0.4 is 14.8 Å². The van der Waals surface area contributed by atoms with E-state index in [0.29, 0.717) is 5.75 Å². The van der Waals surface area contributed by atoms with Gasteiger partial charge in [0.15, 0.2) is 0 Å². The van der Waals surface area contributed by atoms with Crippen molar-refractivity contribution < 1.29 is 19.4 Å². The first-order valence-electron chi connectivity index (χ1n) is 4.77. The van der Waals surface area contributed by atoms with Gasteiger partial charge in [-0.2, -0.15) is 0 Å².